The largest absolute Gasteiger partial charge is 0.351 e. The van der Waals surface area contributed by atoms with Gasteiger partial charge in [-0.1, -0.05) is 18.2 Å². The fourth-order valence-electron chi connectivity index (χ4n) is 2.97. The van der Waals surface area contributed by atoms with Crippen molar-refractivity contribution in [2.45, 2.75) is 39.8 Å². The number of para-hydroxylation sites is 1. The van der Waals surface area contributed by atoms with Gasteiger partial charge in [0.2, 0.25) is 0 Å². The van der Waals surface area contributed by atoms with Gasteiger partial charge in [0, 0.05) is 32.0 Å². The standard InChI is InChI=1S/C18H27NO5/c1-5-21-16(22-6-2)13-19-15-12-10-9-11-14(15)18(17(19)20,23-7-3)24-8-4/h9-12,16H,5-8,13H2,1-4H3. The fourth-order valence-corrected chi connectivity index (χ4v) is 2.97. The summed E-state index contributed by atoms with van der Waals surface area (Å²) >= 11 is 0. The molecular weight excluding hydrogens is 310 g/mol. The predicted octanol–water partition coefficient (Wildman–Crippen LogP) is 2.66. The molecule has 0 saturated carbocycles. The molecule has 0 atom stereocenters. The number of carbonyl (C=O) groups is 1. The maximum atomic E-state index is 13.2. The van der Waals surface area contributed by atoms with Gasteiger partial charge in [0.05, 0.1) is 12.2 Å². The number of benzene rings is 1. The SMILES string of the molecule is CCOC(CN1C(=O)C(OCC)(OCC)c2ccccc21)OCC. The Morgan fingerprint density at radius 1 is 0.958 bits per heavy atom. The molecule has 0 saturated heterocycles. The van der Waals surface area contributed by atoms with Crippen molar-refractivity contribution in [1.82, 2.24) is 0 Å². The Hall–Kier alpha value is -1.47. The van der Waals surface area contributed by atoms with Crippen molar-refractivity contribution in [2.24, 2.45) is 0 Å². The summed E-state index contributed by atoms with van der Waals surface area (Å²) in [5.74, 6) is -1.62. The van der Waals surface area contributed by atoms with E-state index in [0.717, 1.165) is 11.3 Å². The number of ether oxygens (including phenoxy) is 4. The van der Waals surface area contributed by atoms with Crippen LogP contribution in [0.25, 0.3) is 0 Å². The third-order valence-corrected chi connectivity index (χ3v) is 3.81. The smallest absolute Gasteiger partial charge is 0.292 e. The first-order valence-corrected chi connectivity index (χ1v) is 8.57. The van der Waals surface area contributed by atoms with Crippen molar-refractivity contribution >= 4 is 11.6 Å². The molecule has 1 aliphatic rings. The number of hydrogen-bond donors (Lipinski definition) is 0. The first-order chi connectivity index (χ1) is 11.6. The zero-order valence-corrected chi connectivity index (χ0v) is 14.9. The number of fused-ring (bicyclic) bond motifs is 1. The van der Waals surface area contributed by atoms with Gasteiger partial charge in [0.1, 0.15) is 0 Å². The molecule has 6 heteroatoms. The van der Waals surface area contributed by atoms with Crippen LogP contribution in [-0.4, -0.2) is 45.2 Å². The average Bonchev–Trinajstić information content (AvgIpc) is 2.79. The maximum Gasteiger partial charge on any atom is 0.292 e. The molecule has 0 fully saturated rings. The Morgan fingerprint density at radius 2 is 1.54 bits per heavy atom. The number of nitrogens with zero attached hydrogens (tertiary/aromatic N) is 1. The minimum Gasteiger partial charge on any atom is -0.351 e. The van der Waals surface area contributed by atoms with E-state index < -0.39 is 12.1 Å². The van der Waals surface area contributed by atoms with Crippen molar-refractivity contribution in [3.63, 3.8) is 0 Å². The van der Waals surface area contributed by atoms with Gasteiger partial charge >= 0.3 is 0 Å². The first-order valence-electron chi connectivity index (χ1n) is 8.57. The van der Waals surface area contributed by atoms with Crippen LogP contribution in [0.2, 0.25) is 0 Å². The minimum atomic E-state index is -1.39. The Kier molecular flexibility index (Phi) is 6.74. The van der Waals surface area contributed by atoms with E-state index in [0.29, 0.717) is 33.0 Å². The molecule has 1 aromatic rings. The Balaban J connectivity index is 2.38. The normalized spacial score (nSPS) is 16.0. The van der Waals surface area contributed by atoms with Crippen LogP contribution < -0.4 is 4.90 Å². The lowest BCUT2D eigenvalue weighted by molar-refractivity contribution is -0.229. The van der Waals surface area contributed by atoms with E-state index in [1.807, 2.05) is 52.0 Å². The Bertz CT molecular complexity index is 536. The third kappa shape index (κ3) is 3.47. The lowest BCUT2D eigenvalue weighted by Crippen LogP contribution is -2.47. The van der Waals surface area contributed by atoms with Gasteiger partial charge in [-0.25, -0.2) is 0 Å². The second-order valence-corrected chi connectivity index (χ2v) is 5.26. The number of rotatable bonds is 10. The summed E-state index contributed by atoms with van der Waals surface area (Å²) in [5, 5.41) is 0. The molecule has 0 bridgehead atoms. The average molecular weight is 337 g/mol. The number of hydrogen-bond acceptors (Lipinski definition) is 5. The lowest BCUT2D eigenvalue weighted by Gasteiger charge is -2.29. The minimum absolute atomic E-state index is 0.239. The van der Waals surface area contributed by atoms with Crippen LogP contribution in [0.15, 0.2) is 24.3 Å². The highest BCUT2D eigenvalue weighted by molar-refractivity contribution is 6.06. The summed E-state index contributed by atoms with van der Waals surface area (Å²) in [6, 6.07) is 7.53. The summed E-state index contributed by atoms with van der Waals surface area (Å²) < 4.78 is 22.8. The van der Waals surface area contributed by atoms with E-state index in [4.69, 9.17) is 18.9 Å². The van der Waals surface area contributed by atoms with Gasteiger partial charge in [0.25, 0.3) is 11.7 Å². The van der Waals surface area contributed by atoms with E-state index in [-0.39, 0.29) is 5.91 Å². The third-order valence-electron chi connectivity index (χ3n) is 3.81. The molecule has 6 nitrogen and oxygen atoms in total. The number of anilines is 1. The predicted molar refractivity (Wildman–Crippen MR) is 90.8 cm³/mol. The molecule has 24 heavy (non-hydrogen) atoms. The van der Waals surface area contributed by atoms with Gasteiger partial charge in [-0.05, 0) is 33.8 Å². The quantitative estimate of drug-likeness (QED) is 0.614. The van der Waals surface area contributed by atoms with Crippen molar-refractivity contribution < 1.29 is 23.7 Å². The molecule has 0 aliphatic carbocycles. The molecule has 1 aromatic carbocycles. The van der Waals surface area contributed by atoms with Crippen LogP contribution in [0.5, 0.6) is 0 Å². The fraction of sp³-hybridized carbons (Fsp3) is 0.611. The highest BCUT2D eigenvalue weighted by Gasteiger charge is 2.53. The summed E-state index contributed by atoms with van der Waals surface area (Å²) in [6.45, 7) is 9.55. The molecule has 0 N–H and O–H groups in total. The lowest BCUT2D eigenvalue weighted by atomic mass is 10.1. The van der Waals surface area contributed by atoms with Crippen molar-refractivity contribution in [2.75, 3.05) is 37.9 Å². The Morgan fingerprint density at radius 3 is 2.08 bits per heavy atom. The monoisotopic (exact) mass is 337 g/mol. The van der Waals surface area contributed by atoms with Crippen LogP contribution in [0, 0.1) is 0 Å². The highest BCUT2D eigenvalue weighted by Crippen LogP contribution is 2.43. The van der Waals surface area contributed by atoms with Gasteiger partial charge in [-0.2, -0.15) is 0 Å². The second-order valence-electron chi connectivity index (χ2n) is 5.26. The van der Waals surface area contributed by atoms with Gasteiger partial charge in [-0.15, -0.1) is 0 Å². The molecule has 1 amide bonds. The van der Waals surface area contributed by atoms with E-state index in [9.17, 15) is 4.79 Å². The van der Waals surface area contributed by atoms with E-state index in [2.05, 4.69) is 0 Å². The summed E-state index contributed by atoms with van der Waals surface area (Å²) in [5.41, 5.74) is 1.50. The first kappa shape index (κ1) is 18.9. The molecular formula is C18H27NO5. The van der Waals surface area contributed by atoms with Crippen LogP contribution in [-0.2, 0) is 29.5 Å². The zero-order chi connectivity index (χ0) is 17.6. The molecule has 0 unspecified atom stereocenters. The van der Waals surface area contributed by atoms with Crippen molar-refractivity contribution in [1.29, 1.82) is 0 Å². The van der Waals surface area contributed by atoms with Crippen LogP contribution in [0.3, 0.4) is 0 Å². The van der Waals surface area contributed by atoms with Gasteiger partial charge in [-0.3, -0.25) is 4.79 Å². The zero-order valence-electron chi connectivity index (χ0n) is 14.9. The highest BCUT2D eigenvalue weighted by atomic mass is 16.7. The van der Waals surface area contributed by atoms with Gasteiger partial charge < -0.3 is 23.8 Å². The summed E-state index contributed by atoms with van der Waals surface area (Å²) in [6.07, 6.45) is -0.490. The van der Waals surface area contributed by atoms with Crippen LogP contribution in [0.1, 0.15) is 33.3 Å². The number of amides is 1. The topological polar surface area (TPSA) is 57.2 Å². The molecule has 0 radical (unpaired) electrons. The maximum absolute atomic E-state index is 13.2. The molecule has 0 spiro atoms. The summed E-state index contributed by atoms with van der Waals surface area (Å²) in [7, 11) is 0. The van der Waals surface area contributed by atoms with E-state index in [1.165, 1.54) is 0 Å². The molecule has 2 rings (SSSR count). The molecule has 0 aromatic heterocycles. The van der Waals surface area contributed by atoms with E-state index in [1.54, 1.807) is 4.90 Å². The molecule has 134 valence electrons. The van der Waals surface area contributed by atoms with Crippen LogP contribution in [0.4, 0.5) is 5.69 Å². The molecule has 1 aliphatic heterocycles. The van der Waals surface area contributed by atoms with Crippen molar-refractivity contribution in [3.8, 4) is 0 Å². The summed E-state index contributed by atoms with van der Waals surface area (Å²) in [4.78, 5) is 14.8. The van der Waals surface area contributed by atoms with Gasteiger partial charge in [0.15, 0.2) is 6.29 Å². The van der Waals surface area contributed by atoms with E-state index >= 15 is 0 Å². The Labute approximate surface area is 143 Å². The molecule has 1 heterocycles. The second kappa shape index (κ2) is 8.58. The van der Waals surface area contributed by atoms with Crippen LogP contribution >= 0.6 is 0 Å². The van der Waals surface area contributed by atoms with Crippen molar-refractivity contribution in [3.05, 3.63) is 29.8 Å². The number of carbonyl (C=O) groups excluding carboxylic acids is 1.